The van der Waals surface area contributed by atoms with E-state index in [2.05, 4.69) is 15.3 Å². The normalized spacial score (nSPS) is 9.62. The van der Waals surface area contributed by atoms with Crippen molar-refractivity contribution in [2.45, 2.75) is 13.8 Å². The molecule has 0 saturated carbocycles. The zero-order valence-electron chi connectivity index (χ0n) is 13.5. The Morgan fingerprint density at radius 3 is 2.25 bits per heavy atom. The van der Waals surface area contributed by atoms with Crippen LogP contribution in [0.5, 0.6) is 0 Å². The number of nitrogens with one attached hydrogen (secondary N) is 1. The molecule has 2 heterocycles. The van der Waals surface area contributed by atoms with E-state index < -0.39 is 0 Å². The molecule has 24 heavy (non-hydrogen) atoms. The number of nitrogens with zero attached hydrogens (tertiary/aromatic N) is 2. The molecule has 0 radical (unpaired) electrons. The van der Waals surface area contributed by atoms with Crippen molar-refractivity contribution < 1.29 is 4.79 Å². The molecule has 4 nitrogen and oxygen atoms in total. The number of aromatic nitrogens is 2. The van der Waals surface area contributed by atoms with E-state index in [1.807, 2.05) is 43.5 Å². The van der Waals surface area contributed by atoms with Gasteiger partial charge in [-0.15, -0.1) is 0 Å². The van der Waals surface area contributed by atoms with Crippen LogP contribution in [-0.2, 0) is 0 Å². The Morgan fingerprint density at radius 2 is 1.71 bits per heavy atom. The van der Waals surface area contributed by atoms with Crippen LogP contribution >= 0.6 is 11.6 Å². The molecule has 0 atom stereocenters. The van der Waals surface area contributed by atoms with Gasteiger partial charge in [0.2, 0.25) is 0 Å². The summed E-state index contributed by atoms with van der Waals surface area (Å²) in [6, 6.07) is 13.1. The van der Waals surface area contributed by atoms with E-state index in [1.165, 1.54) is 12.5 Å². The lowest BCUT2D eigenvalue weighted by Gasteiger charge is -2.08. The van der Waals surface area contributed by atoms with Gasteiger partial charge in [0.25, 0.3) is 0 Å². The Morgan fingerprint density at radius 1 is 1.00 bits per heavy atom. The van der Waals surface area contributed by atoms with Gasteiger partial charge in [-0.3, -0.25) is 14.8 Å². The van der Waals surface area contributed by atoms with Crippen molar-refractivity contribution in [2.75, 3.05) is 5.32 Å². The Balaban J connectivity index is 0.000000198. The summed E-state index contributed by atoms with van der Waals surface area (Å²) in [6.07, 6.45) is 6.79. The number of carbonyl (C=O) groups is 1. The first-order chi connectivity index (χ1) is 11.6. The molecule has 0 saturated heterocycles. The third-order valence-corrected chi connectivity index (χ3v) is 3.48. The van der Waals surface area contributed by atoms with E-state index in [1.54, 1.807) is 30.7 Å². The molecule has 0 bridgehead atoms. The SMILES string of the molecule is CC(=O)c1cccnc1.Cc1ccncc1Nc1ccc(Cl)cc1. The minimum Gasteiger partial charge on any atom is -0.354 e. The molecule has 2 aromatic heterocycles. The molecule has 0 aliphatic heterocycles. The second-order valence-corrected chi connectivity index (χ2v) is 5.56. The average Bonchev–Trinajstić information content (AvgIpc) is 2.60. The Bertz CT molecular complexity index is 789. The van der Waals surface area contributed by atoms with Gasteiger partial charge in [0.05, 0.1) is 11.9 Å². The number of anilines is 2. The number of pyridine rings is 2. The summed E-state index contributed by atoms with van der Waals surface area (Å²) in [4.78, 5) is 18.5. The summed E-state index contributed by atoms with van der Waals surface area (Å²) >= 11 is 5.81. The smallest absolute Gasteiger partial charge is 0.161 e. The largest absolute Gasteiger partial charge is 0.354 e. The molecule has 3 rings (SSSR count). The van der Waals surface area contributed by atoms with Crippen LogP contribution in [0.2, 0.25) is 5.02 Å². The first kappa shape index (κ1) is 17.6. The van der Waals surface area contributed by atoms with Gasteiger partial charge in [-0.05, 0) is 61.9 Å². The van der Waals surface area contributed by atoms with E-state index in [9.17, 15) is 4.79 Å². The number of benzene rings is 1. The fourth-order valence-corrected chi connectivity index (χ4v) is 1.98. The molecule has 0 unspecified atom stereocenters. The van der Waals surface area contributed by atoms with Crippen molar-refractivity contribution in [1.29, 1.82) is 0 Å². The highest BCUT2D eigenvalue weighted by Gasteiger charge is 1.98. The standard InChI is InChI=1S/C12H11ClN2.C7H7NO/c1-9-6-7-14-8-12(9)15-11-4-2-10(13)3-5-11;1-6(9)7-3-2-4-8-5-7/h2-8,15H,1H3;2-5H,1H3. The highest BCUT2D eigenvalue weighted by atomic mass is 35.5. The van der Waals surface area contributed by atoms with E-state index in [0.29, 0.717) is 5.56 Å². The number of ketones is 1. The van der Waals surface area contributed by atoms with Crippen molar-refractivity contribution in [3.05, 3.63) is 83.4 Å². The molecule has 1 aromatic carbocycles. The Kier molecular flexibility index (Phi) is 6.46. The second-order valence-electron chi connectivity index (χ2n) is 5.12. The molecule has 0 aliphatic carbocycles. The maximum Gasteiger partial charge on any atom is 0.161 e. The minimum absolute atomic E-state index is 0.0584. The van der Waals surface area contributed by atoms with Gasteiger partial charge in [-0.2, -0.15) is 0 Å². The van der Waals surface area contributed by atoms with Crippen molar-refractivity contribution in [3.63, 3.8) is 0 Å². The molecule has 1 N–H and O–H groups in total. The first-order valence-corrected chi connectivity index (χ1v) is 7.78. The number of hydrogen-bond donors (Lipinski definition) is 1. The zero-order valence-corrected chi connectivity index (χ0v) is 14.3. The number of Topliss-reactive ketones (excluding diaryl/α,β-unsaturated/α-hetero) is 1. The Labute approximate surface area is 146 Å². The van der Waals surface area contributed by atoms with Crippen LogP contribution in [0.25, 0.3) is 0 Å². The number of hydrogen-bond acceptors (Lipinski definition) is 4. The molecule has 0 aliphatic rings. The van der Waals surface area contributed by atoms with Gasteiger partial charge in [0, 0.05) is 34.9 Å². The van der Waals surface area contributed by atoms with Gasteiger partial charge in [-0.1, -0.05) is 11.6 Å². The minimum atomic E-state index is 0.0584. The van der Waals surface area contributed by atoms with Gasteiger partial charge >= 0.3 is 0 Å². The van der Waals surface area contributed by atoms with Crippen LogP contribution in [0, 0.1) is 6.92 Å². The van der Waals surface area contributed by atoms with Crippen LogP contribution in [0.4, 0.5) is 11.4 Å². The first-order valence-electron chi connectivity index (χ1n) is 7.40. The van der Waals surface area contributed by atoms with Crippen LogP contribution in [0.3, 0.4) is 0 Å². The number of carbonyl (C=O) groups excluding carboxylic acids is 1. The summed E-state index contributed by atoms with van der Waals surface area (Å²) < 4.78 is 0. The van der Waals surface area contributed by atoms with E-state index >= 15 is 0 Å². The molecule has 0 amide bonds. The van der Waals surface area contributed by atoms with Crippen LogP contribution in [0.1, 0.15) is 22.8 Å². The van der Waals surface area contributed by atoms with Crippen LogP contribution in [0.15, 0.2) is 67.3 Å². The lowest BCUT2D eigenvalue weighted by atomic mass is 10.2. The zero-order chi connectivity index (χ0) is 17.4. The summed E-state index contributed by atoms with van der Waals surface area (Å²) in [5.41, 5.74) is 3.85. The molecule has 3 aromatic rings. The van der Waals surface area contributed by atoms with Crippen molar-refractivity contribution >= 4 is 28.8 Å². The average molecular weight is 340 g/mol. The highest BCUT2D eigenvalue weighted by Crippen LogP contribution is 2.20. The molecule has 5 heteroatoms. The number of aryl methyl sites for hydroxylation is 1. The molecule has 0 spiro atoms. The highest BCUT2D eigenvalue weighted by molar-refractivity contribution is 6.30. The maximum absolute atomic E-state index is 10.6. The topological polar surface area (TPSA) is 54.9 Å². The van der Waals surface area contributed by atoms with Crippen molar-refractivity contribution in [2.24, 2.45) is 0 Å². The Hall–Kier alpha value is -2.72. The van der Waals surface area contributed by atoms with Gasteiger partial charge in [-0.25, -0.2) is 0 Å². The quantitative estimate of drug-likeness (QED) is 0.677. The lowest BCUT2D eigenvalue weighted by molar-refractivity contribution is 0.101. The van der Waals surface area contributed by atoms with Crippen LogP contribution < -0.4 is 5.32 Å². The van der Waals surface area contributed by atoms with Crippen LogP contribution in [-0.4, -0.2) is 15.8 Å². The van der Waals surface area contributed by atoms with E-state index in [-0.39, 0.29) is 5.78 Å². The summed E-state index contributed by atoms with van der Waals surface area (Å²) in [5.74, 6) is 0.0584. The van der Waals surface area contributed by atoms with E-state index in [0.717, 1.165) is 16.4 Å². The third kappa shape index (κ3) is 5.48. The summed E-state index contributed by atoms with van der Waals surface area (Å²) in [5, 5.41) is 4.02. The molecular formula is C19H18ClN3O. The maximum atomic E-state index is 10.6. The predicted octanol–water partition coefficient (Wildman–Crippen LogP) is 5.07. The van der Waals surface area contributed by atoms with Gasteiger partial charge in [0.1, 0.15) is 0 Å². The molecular weight excluding hydrogens is 322 g/mol. The molecule has 0 fully saturated rings. The third-order valence-electron chi connectivity index (χ3n) is 3.23. The van der Waals surface area contributed by atoms with Crippen molar-refractivity contribution in [1.82, 2.24) is 9.97 Å². The van der Waals surface area contributed by atoms with Crippen molar-refractivity contribution in [3.8, 4) is 0 Å². The summed E-state index contributed by atoms with van der Waals surface area (Å²) in [6.45, 7) is 3.57. The van der Waals surface area contributed by atoms with Gasteiger partial charge < -0.3 is 5.32 Å². The lowest BCUT2D eigenvalue weighted by Crippen LogP contribution is -1.93. The predicted molar refractivity (Wildman–Crippen MR) is 98.0 cm³/mol. The number of halogens is 1. The fourth-order valence-electron chi connectivity index (χ4n) is 1.85. The second kappa shape index (κ2) is 8.79. The van der Waals surface area contributed by atoms with Gasteiger partial charge in [0.15, 0.2) is 5.78 Å². The molecule has 122 valence electrons. The number of rotatable bonds is 3. The monoisotopic (exact) mass is 339 g/mol. The summed E-state index contributed by atoms with van der Waals surface area (Å²) in [7, 11) is 0. The van der Waals surface area contributed by atoms with E-state index in [4.69, 9.17) is 11.6 Å². The fraction of sp³-hybridized carbons (Fsp3) is 0.105.